The van der Waals surface area contributed by atoms with Gasteiger partial charge in [-0.15, -0.1) is 0 Å². The maximum atomic E-state index is 14.2. The van der Waals surface area contributed by atoms with Crippen molar-refractivity contribution in [1.82, 2.24) is 9.47 Å². The number of nitro benzene ring substituents is 1. The quantitative estimate of drug-likeness (QED) is 0.233. The van der Waals surface area contributed by atoms with Crippen molar-refractivity contribution in [3.63, 3.8) is 0 Å². The van der Waals surface area contributed by atoms with Crippen LogP contribution >= 0.6 is 11.6 Å². The number of amides is 3. The van der Waals surface area contributed by atoms with Crippen molar-refractivity contribution in [2.75, 3.05) is 16.8 Å². The number of urea groups is 1. The Morgan fingerprint density at radius 2 is 1.64 bits per heavy atom. The van der Waals surface area contributed by atoms with Crippen LogP contribution in [0, 0.1) is 10.1 Å². The zero-order valence-corrected chi connectivity index (χ0v) is 21.5. The largest absolute Gasteiger partial charge is 0.322 e. The van der Waals surface area contributed by atoms with Crippen LogP contribution in [0.15, 0.2) is 91.1 Å². The summed E-state index contributed by atoms with van der Waals surface area (Å²) in [5.41, 5.74) is 3.81. The van der Waals surface area contributed by atoms with Gasteiger partial charge in [0.25, 0.3) is 5.69 Å². The minimum Gasteiger partial charge on any atom is -0.316 e. The Morgan fingerprint density at radius 3 is 2.31 bits per heavy atom. The summed E-state index contributed by atoms with van der Waals surface area (Å²) in [5.74, 6) is -0.222. The maximum Gasteiger partial charge on any atom is 0.322 e. The molecule has 1 aromatic heterocycles. The SMILES string of the molecule is O=C(Nc1ccc([N+](=O)[O-])cc1)N(CC(=O)N1c2ccccc2-n2cccc2C1c1ccc(Cl)cc1)C1CC1. The molecule has 1 aliphatic carbocycles. The van der Waals surface area contributed by atoms with Gasteiger partial charge in [0, 0.05) is 35.1 Å². The first kappa shape index (κ1) is 24.7. The van der Waals surface area contributed by atoms with Crippen LogP contribution in [-0.4, -0.2) is 38.9 Å². The van der Waals surface area contributed by atoms with Gasteiger partial charge in [-0.05, 0) is 66.9 Å². The smallest absolute Gasteiger partial charge is 0.316 e. The Morgan fingerprint density at radius 1 is 0.949 bits per heavy atom. The number of aromatic nitrogens is 1. The summed E-state index contributed by atoms with van der Waals surface area (Å²) in [6, 6.07) is 23.8. The first-order valence-corrected chi connectivity index (χ1v) is 12.9. The molecule has 1 aliphatic heterocycles. The highest BCUT2D eigenvalue weighted by Crippen LogP contribution is 2.42. The molecule has 1 saturated carbocycles. The van der Waals surface area contributed by atoms with Crippen LogP contribution in [0.5, 0.6) is 0 Å². The molecule has 3 aromatic carbocycles. The van der Waals surface area contributed by atoms with Gasteiger partial charge in [0.05, 0.1) is 22.0 Å². The van der Waals surface area contributed by atoms with Gasteiger partial charge in [0.15, 0.2) is 0 Å². The summed E-state index contributed by atoms with van der Waals surface area (Å²) < 4.78 is 2.08. The molecule has 3 amide bonds. The molecule has 1 N–H and O–H groups in total. The summed E-state index contributed by atoms with van der Waals surface area (Å²) in [5, 5.41) is 14.4. The average Bonchev–Trinajstić information content (AvgIpc) is 3.66. The van der Waals surface area contributed by atoms with Crippen LogP contribution in [0.4, 0.5) is 21.9 Å². The van der Waals surface area contributed by atoms with E-state index in [4.69, 9.17) is 11.6 Å². The Balaban J connectivity index is 1.32. The lowest BCUT2D eigenvalue weighted by atomic mass is 9.97. The lowest BCUT2D eigenvalue weighted by molar-refractivity contribution is -0.384. The number of rotatable bonds is 6. The molecule has 1 unspecified atom stereocenters. The van der Waals surface area contributed by atoms with Crippen molar-refractivity contribution in [3.05, 3.63) is 118 Å². The van der Waals surface area contributed by atoms with Gasteiger partial charge >= 0.3 is 6.03 Å². The zero-order chi connectivity index (χ0) is 27.1. The predicted octanol–water partition coefficient (Wildman–Crippen LogP) is 6.17. The molecule has 39 heavy (non-hydrogen) atoms. The normalized spacial score (nSPS) is 15.7. The molecule has 10 heteroatoms. The number of nitrogens with one attached hydrogen (secondary N) is 1. The first-order valence-electron chi connectivity index (χ1n) is 12.6. The van der Waals surface area contributed by atoms with Gasteiger partial charge in [-0.3, -0.25) is 19.8 Å². The van der Waals surface area contributed by atoms with Gasteiger partial charge in [0.2, 0.25) is 5.91 Å². The fourth-order valence-corrected chi connectivity index (χ4v) is 5.19. The van der Waals surface area contributed by atoms with E-state index in [0.29, 0.717) is 10.7 Å². The highest BCUT2D eigenvalue weighted by Gasteiger charge is 2.40. The van der Waals surface area contributed by atoms with Crippen LogP contribution in [0.25, 0.3) is 5.69 Å². The summed E-state index contributed by atoms with van der Waals surface area (Å²) >= 11 is 6.18. The summed E-state index contributed by atoms with van der Waals surface area (Å²) in [4.78, 5) is 41.3. The number of para-hydroxylation sites is 2. The number of benzene rings is 3. The monoisotopic (exact) mass is 541 g/mol. The van der Waals surface area contributed by atoms with Crippen molar-refractivity contribution in [3.8, 4) is 5.69 Å². The zero-order valence-electron chi connectivity index (χ0n) is 20.7. The average molecular weight is 542 g/mol. The molecule has 4 aromatic rings. The van der Waals surface area contributed by atoms with Crippen LogP contribution in [0.1, 0.15) is 30.1 Å². The summed E-state index contributed by atoms with van der Waals surface area (Å²) in [6.07, 6.45) is 3.59. The van der Waals surface area contributed by atoms with Gasteiger partial charge in [-0.25, -0.2) is 4.79 Å². The third-order valence-electron chi connectivity index (χ3n) is 7.06. The maximum absolute atomic E-state index is 14.2. The van der Waals surface area contributed by atoms with Crippen molar-refractivity contribution < 1.29 is 14.5 Å². The van der Waals surface area contributed by atoms with E-state index >= 15 is 0 Å². The second kappa shape index (κ2) is 9.92. The second-order valence-electron chi connectivity index (χ2n) is 9.60. The highest BCUT2D eigenvalue weighted by atomic mass is 35.5. The number of hydrogen-bond donors (Lipinski definition) is 1. The second-order valence-corrected chi connectivity index (χ2v) is 10.0. The van der Waals surface area contributed by atoms with Gasteiger partial charge in [0.1, 0.15) is 12.6 Å². The fraction of sp³-hybridized carbons (Fsp3) is 0.172. The van der Waals surface area contributed by atoms with Crippen molar-refractivity contribution >= 4 is 40.6 Å². The third kappa shape index (κ3) is 4.72. The molecule has 0 saturated heterocycles. The standard InChI is InChI=1S/C29H24ClN5O4/c30-20-9-7-19(8-10-20)28-26-6-3-17-32(26)24-4-1-2-5-25(24)34(28)27(36)18-33(22-15-16-22)29(37)31-21-11-13-23(14-12-21)35(38)39/h1-14,17,22,28H,15-16,18H2,(H,31,37). The number of non-ortho nitro benzene ring substituents is 1. The van der Waals surface area contributed by atoms with Gasteiger partial charge in [-0.2, -0.15) is 0 Å². The molecule has 6 rings (SSSR count). The van der Waals surface area contributed by atoms with Crippen molar-refractivity contribution in [1.29, 1.82) is 0 Å². The van der Waals surface area contributed by atoms with E-state index in [1.807, 2.05) is 66.9 Å². The highest BCUT2D eigenvalue weighted by molar-refractivity contribution is 6.30. The first-order chi connectivity index (χ1) is 18.9. The van der Waals surface area contributed by atoms with Gasteiger partial charge < -0.3 is 14.8 Å². The topological polar surface area (TPSA) is 101 Å². The summed E-state index contributed by atoms with van der Waals surface area (Å²) in [7, 11) is 0. The molecule has 196 valence electrons. The molecular weight excluding hydrogens is 518 g/mol. The van der Waals surface area contributed by atoms with E-state index in [1.54, 1.807) is 9.80 Å². The van der Waals surface area contributed by atoms with Crippen LogP contribution in [-0.2, 0) is 4.79 Å². The molecule has 0 bridgehead atoms. The minimum atomic E-state index is -0.495. The lowest BCUT2D eigenvalue weighted by Gasteiger charge is -2.39. The number of fused-ring (bicyclic) bond motifs is 3. The minimum absolute atomic E-state index is 0.0510. The van der Waals surface area contributed by atoms with Gasteiger partial charge in [-0.1, -0.05) is 35.9 Å². The predicted molar refractivity (Wildman–Crippen MR) is 148 cm³/mol. The van der Waals surface area contributed by atoms with E-state index in [2.05, 4.69) is 9.88 Å². The molecule has 9 nitrogen and oxygen atoms in total. The number of carbonyl (C=O) groups excluding carboxylic acids is 2. The van der Waals surface area contributed by atoms with E-state index in [9.17, 15) is 19.7 Å². The number of carbonyl (C=O) groups is 2. The molecule has 1 atom stereocenters. The molecule has 0 radical (unpaired) electrons. The van der Waals surface area contributed by atoms with Crippen molar-refractivity contribution in [2.45, 2.75) is 24.9 Å². The Kier molecular flexibility index (Phi) is 6.28. The van der Waals surface area contributed by atoms with Crippen molar-refractivity contribution in [2.24, 2.45) is 0 Å². The molecule has 2 aliphatic rings. The van der Waals surface area contributed by atoms with E-state index in [-0.39, 0.29) is 24.2 Å². The molecular formula is C29H24ClN5O4. The molecule has 2 heterocycles. The lowest BCUT2D eigenvalue weighted by Crippen LogP contribution is -2.48. The number of hydrogen-bond acceptors (Lipinski definition) is 4. The van der Waals surface area contributed by atoms with E-state index in [0.717, 1.165) is 35.5 Å². The van der Waals surface area contributed by atoms with E-state index in [1.165, 1.54) is 24.3 Å². The number of nitrogens with zero attached hydrogens (tertiary/aromatic N) is 4. The van der Waals surface area contributed by atoms with Crippen LogP contribution in [0.2, 0.25) is 5.02 Å². The Labute approximate surface area is 229 Å². The number of anilines is 2. The molecule has 1 fully saturated rings. The summed E-state index contributed by atoms with van der Waals surface area (Å²) in [6.45, 7) is -0.122. The number of halogens is 1. The number of nitro groups is 1. The molecule has 0 spiro atoms. The third-order valence-corrected chi connectivity index (χ3v) is 7.31. The van der Waals surface area contributed by atoms with Crippen LogP contribution in [0.3, 0.4) is 0 Å². The fourth-order valence-electron chi connectivity index (χ4n) is 5.06. The Hall–Kier alpha value is -4.63. The Bertz CT molecular complexity index is 1560. The van der Waals surface area contributed by atoms with Crippen LogP contribution < -0.4 is 10.2 Å². The van der Waals surface area contributed by atoms with E-state index < -0.39 is 17.0 Å².